The number of nitrogens with zero attached hydrogens (tertiary/aromatic N) is 2. The van der Waals surface area contributed by atoms with Gasteiger partial charge in [-0.3, -0.25) is 9.59 Å². The molecule has 1 aliphatic heterocycles. The van der Waals surface area contributed by atoms with Gasteiger partial charge >= 0.3 is 6.09 Å². The van der Waals surface area contributed by atoms with Gasteiger partial charge in [0.2, 0.25) is 10.0 Å². The van der Waals surface area contributed by atoms with Crippen molar-refractivity contribution >= 4 is 44.3 Å². The number of thiophene rings is 1. The zero-order valence-corrected chi connectivity index (χ0v) is 23.5. The predicted octanol–water partition coefficient (Wildman–Crippen LogP) is 3.70. The molecule has 206 valence electrons. The molecule has 0 unspecified atom stereocenters. The van der Waals surface area contributed by atoms with Gasteiger partial charge in [-0.15, -0.1) is 11.3 Å². The number of fused-ring (bicyclic) bond motifs is 1. The molecule has 0 fully saturated rings. The number of methoxy groups -OCH3 is 1. The number of hydrogen-bond donors (Lipinski definition) is 2. The first kappa shape index (κ1) is 28.3. The van der Waals surface area contributed by atoms with Crippen LogP contribution in [0.2, 0.25) is 0 Å². The predicted molar refractivity (Wildman–Crippen MR) is 148 cm³/mol. The zero-order valence-electron chi connectivity index (χ0n) is 21.9. The summed E-state index contributed by atoms with van der Waals surface area (Å²) in [6, 6.07) is 15.0. The third kappa shape index (κ3) is 5.97. The minimum Gasteiger partial charge on any atom is -0.453 e. The lowest BCUT2D eigenvalue weighted by atomic mass is 10.0. The number of amides is 3. The quantitative estimate of drug-likeness (QED) is 0.426. The number of benzene rings is 2. The highest BCUT2D eigenvalue weighted by Crippen LogP contribution is 2.37. The molecule has 2 aromatic carbocycles. The van der Waals surface area contributed by atoms with Crippen molar-refractivity contribution in [3.63, 3.8) is 0 Å². The van der Waals surface area contributed by atoms with Crippen LogP contribution in [0.1, 0.15) is 43.6 Å². The molecule has 0 radical (unpaired) electrons. The Hall–Kier alpha value is -3.74. The molecule has 4 rings (SSSR count). The smallest absolute Gasteiger partial charge is 0.409 e. The highest BCUT2D eigenvalue weighted by atomic mass is 32.2. The molecule has 12 heteroatoms. The topological polar surface area (TPSA) is 125 Å². The van der Waals surface area contributed by atoms with E-state index in [0.29, 0.717) is 23.5 Å². The highest BCUT2D eigenvalue weighted by molar-refractivity contribution is 7.89. The maximum atomic E-state index is 13.2. The molecule has 0 atom stereocenters. The SMILES string of the molecule is CCN(Cc1ccccc1)S(=O)(=O)c1ccc(C(=O)Nc2sc3c(c2C(=O)NC)CCN(C(=O)OC)C3)cc1. The van der Waals surface area contributed by atoms with Crippen LogP contribution in [0.4, 0.5) is 9.80 Å². The Morgan fingerprint density at radius 1 is 1.05 bits per heavy atom. The third-order valence-corrected chi connectivity index (χ3v) is 9.55. The molecule has 2 heterocycles. The lowest BCUT2D eigenvalue weighted by molar-refractivity contribution is 0.0962. The number of sulfonamides is 1. The second-order valence-corrected chi connectivity index (χ2v) is 11.9. The first-order valence-corrected chi connectivity index (χ1v) is 14.6. The summed E-state index contributed by atoms with van der Waals surface area (Å²) in [5.74, 6) is -0.821. The Balaban J connectivity index is 1.54. The standard InChI is InChI=1S/C27H30N4O6S2/c1-4-31(16-18-8-6-5-7-9-18)39(35,36)20-12-10-19(11-13-20)24(32)29-26-23(25(33)28-2)21-14-15-30(27(34)37-3)17-22(21)38-26/h5-13H,4,14-17H2,1-3H3,(H,28,33)(H,29,32). The van der Waals surface area contributed by atoms with Crippen molar-refractivity contribution in [3.8, 4) is 0 Å². The lowest BCUT2D eigenvalue weighted by Gasteiger charge is -2.25. The Kier molecular flexibility index (Phi) is 8.68. The molecule has 2 N–H and O–H groups in total. The van der Waals surface area contributed by atoms with Crippen molar-refractivity contribution in [2.24, 2.45) is 0 Å². The van der Waals surface area contributed by atoms with Crippen molar-refractivity contribution in [2.75, 3.05) is 32.6 Å². The number of rotatable bonds is 8. The van der Waals surface area contributed by atoms with Crippen LogP contribution in [0, 0.1) is 0 Å². The molecule has 1 aromatic heterocycles. The molecule has 3 amide bonds. The van der Waals surface area contributed by atoms with Crippen LogP contribution in [0.5, 0.6) is 0 Å². The van der Waals surface area contributed by atoms with Gasteiger partial charge in [-0.25, -0.2) is 13.2 Å². The van der Waals surface area contributed by atoms with Crippen LogP contribution in [-0.4, -0.2) is 62.8 Å². The summed E-state index contributed by atoms with van der Waals surface area (Å²) in [6.45, 7) is 2.97. The molecule has 0 saturated heterocycles. The fourth-order valence-corrected chi connectivity index (χ4v) is 7.09. The first-order valence-electron chi connectivity index (χ1n) is 12.3. The van der Waals surface area contributed by atoms with E-state index >= 15 is 0 Å². The average molecular weight is 571 g/mol. The summed E-state index contributed by atoms with van der Waals surface area (Å²) in [7, 11) is -0.955. The number of anilines is 1. The Labute approximate surface area is 231 Å². The molecule has 39 heavy (non-hydrogen) atoms. The van der Waals surface area contributed by atoms with Crippen LogP contribution in [0.25, 0.3) is 0 Å². The van der Waals surface area contributed by atoms with E-state index in [1.54, 1.807) is 6.92 Å². The molecule has 1 aliphatic rings. The maximum Gasteiger partial charge on any atom is 0.409 e. The summed E-state index contributed by atoms with van der Waals surface area (Å²) in [5, 5.41) is 5.79. The van der Waals surface area contributed by atoms with Gasteiger partial charge in [0.05, 0.1) is 24.1 Å². The molecule has 0 bridgehead atoms. The summed E-state index contributed by atoms with van der Waals surface area (Å²) in [4.78, 5) is 40.2. The molecule has 0 spiro atoms. The largest absolute Gasteiger partial charge is 0.453 e. The summed E-state index contributed by atoms with van der Waals surface area (Å²) < 4.78 is 32.7. The van der Waals surface area contributed by atoms with E-state index in [9.17, 15) is 22.8 Å². The van der Waals surface area contributed by atoms with E-state index < -0.39 is 22.0 Å². The Morgan fingerprint density at radius 3 is 2.36 bits per heavy atom. The molecule has 3 aromatic rings. The van der Waals surface area contributed by atoms with Crippen molar-refractivity contribution in [1.82, 2.24) is 14.5 Å². The van der Waals surface area contributed by atoms with Crippen molar-refractivity contribution in [2.45, 2.75) is 31.3 Å². The van der Waals surface area contributed by atoms with Gasteiger partial charge in [0.25, 0.3) is 11.8 Å². The summed E-state index contributed by atoms with van der Waals surface area (Å²) in [6.07, 6.45) is -0.00943. The number of carbonyl (C=O) groups is 3. The summed E-state index contributed by atoms with van der Waals surface area (Å²) >= 11 is 1.23. The van der Waals surface area contributed by atoms with Crippen LogP contribution >= 0.6 is 11.3 Å². The molecule has 0 saturated carbocycles. The normalized spacial score (nSPS) is 13.1. The van der Waals surface area contributed by atoms with Gasteiger partial charge < -0.3 is 20.3 Å². The van der Waals surface area contributed by atoms with Gasteiger partial charge in [0.15, 0.2) is 0 Å². The fourth-order valence-electron chi connectivity index (χ4n) is 4.40. The van der Waals surface area contributed by atoms with Gasteiger partial charge in [0, 0.05) is 37.1 Å². The van der Waals surface area contributed by atoms with Crippen LogP contribution < -0.4 is 10.6 Å². The zero-order chi connectivity index (χ0) is 28.2. The van der Waals surface area contributed by atoms with E-state index in [4.69, 9.17) is 4.74 Å². The van der Waals surface area contributed by atoms with Crippen LogP contribution in [0.15, 0.2) is 59.5 Å². The van der Waals surface area contributed by atoms with E-state index in [0.717, 1.165) is 16.0 Å². The van der Waals surface area contributed by atoms with Gasteiger partial charge in [0.1, 0.15) is 5.00 Å². The Bertz CT molecular complexity index is 1470. The van der Waals surface area contributed by atoms with E-state index in [2.05, 4.69) is 10.6 Å². The molecule has 0 aliphatic carbocycles. The third-order valence-electron chi connectivity index (χ3n) is 6.48. The van der Waals surface area contributed by atoms with Crippen LogP contribution in [-0.2, 0) is 34.3 Å². The minimum absolute atomic E-state index is 0.0809. The second kappa shape index (κ2) is 12.0. The lowest BCUT2D eigenvalue weighted by Crippen LogP contribution is -2.35. The van der Waals surface area contributed by atoms with Gasteiger partial charge in [-0.1, -0.05) is 37.3 Å². The van der Waals surface area contributed by atoms with E-state index in [-0.39, 0.29) is 36.0 Å². The van der Waals surface area contributed by atoms with Crippen LogP contribution in [0.3, 0.4) is 0 Å². The molecular weight excluding hydrogens is 540 g/mol. The minimum atomic E-state index is -3.78. The fraction of sp³-hybridized carbons (Fsp3) is 0.296. The summed E-state index contributed by atoms with van der Waals surface area (Å²) in [5.41, 5.74) is 2.27. The number of carbonyl (C=O) groups excluding carboxylic acids is 3. The van der Waals surface area contributed by atoms with E-state index in [1.807, 2.05) is 30.3 Å². The number of nitrogens with one attached hydrogen (secondary N) is 2. The van der Waals surface area contributed by atoms with Gasteiger partial charge in [-0.05, 0) is 41.8 Å². The number of hydrogen-bond acceptors (Lipinski definition) is 7. The maximum absolute atomic E-state index is 13.2. The van der Waals surface area contributed by atoms with Crippen molar-refractivity contribution < 1.29 is 27.5 Å². The van der Waals surface area contributed by atoms with Crippen molar-refractivity contribution in [1.29, 1.82) is 0 Å². The molecular formula is C27H30N4O6S2. The second-order valence-electron chi connectivity index (χ2n) is 8.82. The van der Waals surface area contributed by atoms with Gasteiger partial charge in [-0.2, -0.15) is 4.31 Å². The Morgan fingerprint density at radius 2 is 1.74 bits per heavy atom. The van der Waals surface area contributed by atoms with E-state index in [1.165, 1.54) is 59.0 Å². The average Bonchev–Trinajstić information content (AvgIpc) is 3.32. The monoisotopic (exact) mass is 570 g/mol. The first-order chi connectivity index (χ1) is 18.7. The molecule has 10 nitrogen and oxygen atoms in total. The number of ether oxygens (including phenoxy) is 1. The van der Waals surface area contributed by atoms with Crippen molar-refractivity contribution in [3.05, 3.63) is 81.7 Å². The highest BCUT2D eigenvalue weighted by Gasteiger charge is 2.31.